The molecule has 174 valence electrons. The van der Waals surface area contributed by atoms with E-state index in [9.17, 15) is 28.8 Å². The first-order chi connectivity index (χ1) is 14.9. The summed E-state index contributed by atoms with van der Waals surface area (Å²) in [5.74, 6) is 0.233. The van der Waals surface area contributed by atoms with Gasteiger partial charge in [-0.05, 0) is 29.7 Å². The van der Waals surface area contributed by atoms with Crippen LogP contribution in [-0.2, 0) is 29.3 Å². The largest absolute Gasteiger partial charge is 0.513 e. The molecule has 0 amide bonds. The number of hydrogen-bond acceptors (Lipinski definition) is 9. The molecule has 2 atom stereocenters. The average molecular weight is 487 g/mol. The van der Waals surface area contributed by atoms with Gasteiger partial charge in [-0.2, -0.15) is 0 Å². The molecule has 2 unspecified atom stereocenters. The van der Waals surface area contributed by atoms with Crippen molar-refractivity contribution in [2.75, 3.05) is 6.61 Å². The molecular weight excluding hydrogens is 464 g/mol. The summed E-state index contributed by atoms with van der Waals surface area (Å²) < 4.78 is 45.5. The Labute approximate surface area is 184 Å². The summed E-state index contributed by atoms with van der Waals surface area (Å²) in [4.78, 5) is 36.2. The summed E-state index contributed by atoms with van der Waals surface area (Å²) in [6.07, 6.45) is -0.615. The van der Waals surface area contributed by atoms with Crippen LogP contribution in [0.1, 0.15) is 31.3 Å². The molecule has 0 spiro atoms. The van der Waals surface area contributed by atoms with Gasteiger partial charge < -0.3 is 24.4 Å². The number of aliphatic hydroxyl groups is 1. The maximum absolute atomic E-state index is 12.8. The van der Waals surface area contributed by atoms with E-state index in [1.807, 2.05) is 13.8 Å². The standard InChI is InChI=1S/C19H23NO10P2/c1-13(2)12-27-18(21)28-16-7-5-15(6-8-16)17-29-31(23,24)19(22,32(25,26)30-17)10-14-4-3-9-20-11-14/h3-9,11,13,17,22H,10,12H2,1-2H3,(H,23,24)(H,25,26). The summed E-state index contributed by atoms with van der Waals surface area (Å²) >= 11 is 0. The first-order valence-electron chi connectivity index (χ1n) is 9.52. The Bertz CT molecular complexity index is 1020. The predicted molar refractivity (Wildman–Crippen MR) is 111 cm³/mol. The number of carbonyl (C=O) groups is 1. The monoisotopic (exact) mass is 487 g/mol. The summed E-state index contributed by atoms with van der Waals surface area (Å²) in [5, 5.41) is 7.62. The smallest absolute Gasteiger partial charge is 0.434 e. The summed E-state index contributed by atoms with van der Waals surface area (Å²) in [5.41, 5.74) is 0.315. The third kappa shape index (κ3) is 5.27. The van der Waals surface area contributed by atoms with Gasteiger partial charge in [0.1, 0.15) is 5.75 Å². The Morgan fingerprint density at radius 1 is 1.16 bits per heavy atom. The van der Waals surface area contributed by atoms with E-state index < -0.39 is 39.1 Å². The normalized spacial score (nSPS) is 30.1. The lowest BCUT2D eigenvalue weighted by atomic mass is 10.2. The lowest BCUT2D eigenvalue weighted by Crippen LogP contribution is -2.37. The fraction of sp³-hybridized carbons (Fsp3) is 0.368. The zero-order valence-corrected chi connectivity index (χ0v) is 19.0. The first kappa shape index (κ1) is 24.5. The highest BCUT2D eigenvalue weighted by molar-refractivity contribution is 7.73. The molecule has 1 aliphatic rings. The highest BCUT2D eigenvalue weighted by atomic mass is 31.2. The van der Waals surface area contributed by atoms with Crippen molar-refractivity contribution in [1.29, 1.82) is 0 Å². The number of aromatic nitrogens is 1. The molecule has 1 aromatic carbocycles. The Kier molecular flexibility index (Phi) is 7.21. The maximum Gasteiger partial charge on any atom is 0.513 e. The highest BCUT2D eigenvalue weighted by Gasteiger charge is 2.67. The van der Waals surface area contributed by atoms with Crippen molar-refractivity contribution in [3.05, 3.63) is 59.9 Å². The molecule has 1 aromatic heterocycles. The van der Waals surface area contributed by atoms with Crippen LogP contribution in [0.25, 0.3) is 0 Å². The van der Waals surface area contributed by atoms with Gasteiger partial charge >= 0.3 is 21.3 Å². The second kappa shape index (κ2) is 9.41. The van der Waals surface area contributed by atoms with Crippen LogP contribution in [0, 0.1) is 5.92 Å². The van der Waals surface area contributed by atoms with Crippen LogP contribution in [0.4, 0.5) is 4.79 Å². The minimum Gasteiger partial charge on any atom is -0.434 e. The van der Waals surface area contributed by atoms with E-state index in [-0.39, 0.29) is 29.4 Å². The number of hydrogen-bond donors (Lipinski definition) is 3. The van der Waals surface area contributed by atoms with Gasteiger partial charge in [-0.15, -0.1) is 0 Å². The fourth-order valence-corrected chi connectivity index (χ4v) is 6.34. The molecular formula is C19H23NO10P2. The zero-order chi connectivity index (χ0) is 23.6. The minimum absolute atomic E-state index is 0.0832. The Morgan fingerprint density at radius 3 is 2.31 bits per heavy atom. The molecule has 1 saturated heterocycles. The number of ether oxygens (including phenoxy) is 2. The Morgan fingerprint density at radius 2 is 1.78 bits per heavy atom. The van der Waals surface area contributed by atoms with Gasteiger partial charge in [0, 0.05) is 24.4 Å². The minimum atomic E-state index is -5.09. The topological polar surface area (TPSA) is 162 Å². The Balaban J connectivity index is 1.75. The van der Waals surface area contributed by atoms with E-state index in [1.54, 1.807) is 0 Å². The molecule has 2 aromatic rings. The summed E-state index contributed by atoms with van der Waals surface area (Å²) in [6.45, 7) is 3.91. The molecule has 3 rings (SSSR count). The highest BCUT2D eigenvalue weighted by Crippen LogP contribution is 2.79. The number of benzene rings is 1. The lowest BCUT2D eigenvalue weighted by Gasteiger charge is -2.41. The van der Waals surface area contributed by atoms with Crippen LogP contribution >= 0.6 is 15.2 Å². The molecule has 3 N–H and O–H groups in total. The van der Waals surface area contributed by atoms with Crippen molar-refractivity contribution in [3.8, 4) is 5.75 Å². The van der Waals surface area contributed by atoms with Gasteiger partial charge in [-0.25, -0.2) is 4.79 Å². The molecule has 0 radical (unpaired) electrons. The van der Waals surface area contributed by atoms with Crippen molar-refractivity contribution in [3.63, 3.8) is 0 Å². The van der Waals surface area contributed by atoms with Crippen LogP contribution in [-0.4, -0.2) is 37.7 Å². The number of nitrogens with zero attached hydrogens (tertiary/aromatic N) is 1. The summed E-state index contributed by atoms with van der Waals surface area (Å²) in [7, 11) is -10.2. The Hall–Kier alpha value is -2.10. The first-order valence-corrected chi connectivity index (χ1v) is 12.7. The van der Waals surface area contributed by atoms with Crippen LogP contribution < -0.4 is 4.74 Å². The van der Waals surface area contributed by atoms with E-state index in [1.165, 1.54) is 48.8 Å². The fourth-order valence-electron chi connectivity index (χ4n) is 2.76. The van der Waals surface area contributed by atoms with Crippen molar-refractivity contribution in [2.45, 2.75) is 31.6 Å². The van der Waals surface area contributed by atoms with Gasteiger partial charge in [0.05, 0.1) is 6.61 Å². The second-order valence-electron chi connectivity index (χ2n) is 7.52. The second-order valence-corrected chi connectivity index (χ2v) is 11.9. The van der Waals surface area contributed by atoms with Crippen LogP contribution in [0.5, 0.6) is 5.75 Å². The molecule has 2 heterocycles. The average Bonchev–Trinajstić information content (AvgIpc) is 2.71. The number of rotatable bonds is 6. The predicted octanol–water partition coefficient (Wildman–Crippen LogP) is 3.56. The zero-order valence-electron chi connectivity index (χ0n) is 17.2. The van der Waals surface area contributed by atoms with Crippen molar-refractivity contribution >= 4 is 21.3 Å². The maximum atomic E-state index is 12.8. The van der Waals surface area contributed by atoms with Gasteiger partial charge in [-0.3, -0.25) is 23.2 Å². The molecule has 0 bridgehead atoms. The van der Waals surface area contributed by atoms with E-state index in [2.05, 4.69) is 4.98 Å². The molecule has 0 aliphatic carbocycles. The quantitative estimate of drug-likeness (QED) is 0.310. The molecule has 0 saturated carbocycles. The van der Waals surface area contributed by atoms with E-state index in [0.29, 0.717) is 0 Å². The molecule has 1 aliphatic heterocycles. The molecule has 11 nitrogen and oxygen atoms in total. The molecule has 1 fully saturated rings. The van der Waals surface area contributed by atoms with E-state index >= 15 is 0 Å². The van der Waals surface area contributed by atoms with Crippen LogP contribution in [0.15, 0.2) is 48.8 Å². The van der Waals surface area contributed by atoms with E-state index in [0.717, 1.165) is 0 Å². The van der Waals surface area contributed by atoms with Crippen molar-refractivity contribution < 1.29 is 47.3 Å². The number of carbonyl (C=O) groups excluding carboxylic acids is 1. The summed E-state index contributed by atoms with van der Waals surface area (Å²) in [6, 6.07) is 8.21. The number of pyridine rings is 1. The van der Waals surface area contributed by atoms with Gasteiger partial charge in [0.15, 0.2) is 0 Å². The van der Waals surface area contributed by atoms with Crippen LogP contribution in [0.2, 0.25) is 0 Å². The van der Waals surface area contributed by atoms with Crippen molar-refractivity contribution in [2.24, 2.45) is 5.92 Å². The third-order valence-electron chi connectivity index (χ3n) is 4.43. The van der Waals surface area contributed by atoms with Gasteiger partial charge in [0.25, 0.3) is 5.08 Å². The lowest BCUT2D eigenvalue weighted by molar-refractivity contribution is -0.0579. The van der Waals surface area contributed by atoms with Crippen molar-refractivity contribution in [1.82, 2.24) is 4.98 Å². The van der Waals surface area contributed by atoms with Gasteiger partial charge in [-0.1, -0.05) is 32.0 Å². The molecule has 13 heteroatoms. The van der Waals surface area contributed by atoms with Crippen LogP contribution in [0.3, 0.4) is 0 Å². The molecule has 32 heavy (non-hydrogen) atoms. The third-order valence-corrected chi connectivity index (χ3v) is 9.03. The SMILES string of the molecule is CC(C)COC(=O)Oc1ccc(C2OP(=O)(O)C(O)(Cc3cccnc3)P(=O)(O)O2)cc1. The van der Waals surface area contributed by atoms with E-state index in [4.69, 9.17) is 18.5 Å². The van der Waals surface area contributed by atoms with Gasteiger partial charge in [0.2, 0.25) is 6.29 Å².